The molecule has 2 N–H and O–H groups in total. The second-order valence-corrected chi connectivity index (χ2v) is 6.52. The van der Waals surface area contributed by atoms with Crippen molar-refractivity contribution in [3.05, 3.63) is 59.4 Å². The van der Waals surface area contributed by atoms with Crippen LogP contribution >= 0.6 is 24.0 Å². The van der Waals surface area contributed by atoms with Crippen LogP contribution in [-0.2, 0) is 6.54 Å². The van der Waals surface area contributed by atoms with Crippen LogP contribution < -0.4 is 20.1 Å². The average molecular weight is 516 g/mol. The van der Waals surface area contributed by atoms with Gasteiger partial charge in [0, 0.05) is 31.8 Å². The van der Waals surface area contributed by atoms with Crippen molar-refractivity contribution in [3.63, 3.8) is 0 Å². The molecule has 2 aromatic carbocycles. The molecule has 1 unspecified atom stereocenters. The van der Waals surface area contributed by atoms with Gasteiger partial charge in [0.1, 0.15) is 17.3 Å². The molecule has 0 fully saturated rings. The zero-order chi connectivity index (χ0) is 20.5. The third-order valence-electron chi connectivity index (χ3n) is 4.48. The second kappa shape index (κ2) is 12.5. The summed E-state index contributed by atoms with van der Waals surface area (Å²) < 4.78 is 24.3. The molecule has 0 amide bonds. The predicted molar refractivity (Wildman–Crippen MR) is 126 cm³/mol. The lowest BCUT2D eigenvalue weighted by molar-refractivity contribution is 0.297. The molecular weight excluding hydrogens is 486 g/mol. The van der Waals surface area contributed by atoms with Crippen molar-refractivity contribution in [2.45, 2.75) is 12.6 Å². The lowest BCUT2D eigenvalue weighted by Crippen LogP contribution is -2.41. The summed E-state index contributed by atoms with van der Waals surface area (Å²) >= 11 is 0. The molecule has 1 atom stereocenters. The van der Waals surface area contributed by atoms with Gasteiger partial charge in [-0.25, -0.2) is 4.39 Å². The summed E-state index contributed by atoms with van der Waals surface area (Å²) in [4.78, 5) is 6.31. The van der Waals surface area contributed by atoms with Gasteiger partial charge in [-0.2, -0.15) is 0 Å². The maximum atomic E-state index is 13.6. The van der Waals surface area contributed by atoms with Gasteiger partial charge < -0.3 is 25.0 Å². The van der Waals surface area contributed by atoms with E-state index in [1.165, 1.54) is 6.07 Å². The zero-order valence-electron chi connectivity index (χ0n) is 17.5. The summed E-state index contributed by atoms with van der Waals surface area (Å²) in [6, 6.07) is 12.4. The summed E-state index contributed by atoms with van der Waals surface area (Å²) in [5.74, 6) is 1.90. The predicted octanol–water partition coefficient (Wildman–Crippen LogP) is 3.43. The average Bonchev–Trinajstić information content (AvgIpc) is 2.70. The Morgan fingerprint density at radius 1 is 1.10 bits per heavy atom. The quantitative estimate of drug-likeness (QED) is 0.320. The molecular formula is C21H30FIN4O2. The molecule has 0 aliphatic carbocycles. The van der Waals surface area contributed by atoms with Crippen LogP contribution in [0.1, 0.15) is 17.2 Å². The first-order valence-corrected chi connectivity index (χ1v) is 9.05. The number of aliphatic imine (C=N–C) groups is 1. The third-order valence-corrected chi connectivity index (χ3v) is 4.48. The van der Waals surface area contributed by atoms with Crippen molar-refractivity contribution in [1.29, 1.82) is 0 Å². The van der Waals surface area contributed by atoms with Gasteiger partial charge >= 0.3 is 0 Å². The van der Waals surface area contributed by atoms with Crippen molar-refractivity contribution >= 4 is 29.9 Å². The number of benzene rings is 2. The molecule has 0 radical (unpaired) electrons. The van der Waals surface area contributed by atoms with Crippen LogP contribution in [0, 0.1) is 5.82 Å². The summed E-state index contributed by atoms with van der Waals surface area (Å²) in [5, 5.41) is 6.59. The molecule has 2 aromatic rings. The molecule has 2 rings (SSSR count). The molecule has 0 aromatic heterocycles. The molecule has 0 saturated carbocycles. The topological polar surface area (TPSA) is 58.1 Å². The highest BCUT2D eigenvalue weighted by atomic mass is 127. The Hall–Kier alpha value is -2.07. The number of nitrogens with one attached hydrogen (secondary N) is 2. The van der Waals surface area contributed by atoms with Crippen LogP contribution in [-0.4, -0.2) is 52.8 Å². The molecule has 29 heavy (non-hydrogen) atoms. The maximum Gasteiger partial charge on any atom is 0.191 e. The third kappa shape index (κ3) is 7.36. The van der Waals surface area contributed by atoms with E-state index in [1.807, 2.05) is 43.3 Å². The number of rotatable bonds is 8. The van der Waals surface area contributed by atoms with E-state index in [9.17, 15) is 4.39 Å². The smallest absolute Gasteiger partial charge is 0.191 e. The first-order valence-electron chi connectivity index (χ1n) is 9.05. The van der Waals surface area contributed by atoms with Crippen LogP contribution in [0.5, 0.6) is 11.5 Å². The van der Waals surface area contributed by atoms with Gasteiger partial charge in [0.25, 0.3) is 0 Å². The van der Waals surface area contributed by atoms with Gasteiger partial charge in [0.2, 0.25) is 0 Å². The van der Waals surface area contributed by atoms with E-state index in [0.717, 1.165) is 22.6 Å². The highest BCUT2D eigenvalue weighted by Crippen LogP contribution is 2.24. The Bertz CT molecular complexity index is 802. The second-order valence-electron chi connectivity index (χ2n) is 6.52. The van der Waals surface area contributed by atoms with Crippen molar-refractivity contribution in [3.8, 4) is 11.5 Å². The number of hydrogen-bond acceptors (Lipinski definition) is 4. The van der Waals surface area contributed by atoms with Gasteiger partial charge in [-0.1, -0.05) is 12.1 Å². The van der Waals surface area contributed by atoms with Crippen molar-refractivity contribution in [2.75, 3.05) is 41.9 Å². The van der Waals surface area contributed by atoms with Crippen LogP contribution in [0.3, 0.4) is 0 Å². The lowest BCUT2D eigenvalue weighted by atomic mass is 10.1. The van der Waals surface area contributed by atoms with Crippen molar-refractivity contribution in [2.24, 2.45) is 4.99 Å². The van der Waals surface area contributed by atoms with Crippen molar-refractivity contribution < 1.29 is 13.9 Å². The number of hydrogen-bond donors (Lipinski definition) is 2. The number of nitrogens with zero attached hydrogens (tertiary/aromatic N) is 2. The summed E-state index contributed by atoms with van der Waals surface area (Å²) in [6.07, 6.45) is 0. The van der Waals surface area contributed by atoms with E-state index in [4.69, 9.17) is 9.47 Å². The fraction of sp³-hybridized carbons (Fsp3) is 0.381. The highest BCUT2D eigenvalue weighted by Gasteiger charge is 2.15. The fourth-order valence-electron chi connectivity index (χ4n) is 2.90. The number of likely N-dealkylation sites (N-methyl/N-ethyl adjacent to an activating group) is 1. The van der Waals surface area contributed by atoms with E-state index in [2.05, 4.69) is 15.6 Å². The minimum absolute atomic E-state index is 0. The van der Waals surface area contributed by atoms with Crippen LogP contribution in [0.2, 0.25) is 0 Å². The summed E-state index contributed by atoms with van der Waals surface area (Å²) in [6.45, 7) is 1.12. The summed E-state index contributed by atoms with van der Waals surface area (Å²) in [7, 11) is 8.91. The first kappa shape index (κ1) is 25.0. The Morgan fingerprint density at radius 2 is 1.86 bits per heavy atom. The van der Waals surface area contributed by atoms with E-state index in [0.29, 0.717) is 19.0 Å². The maximum absolute atomic E-state index is 13.6. The molecule has 8 heteroatoms. The van der Waals surface area contributed by atoms with Gasteiger partial charge in [-0.05, 0) is 43.9 Å². The molecule has 160 valence electrons. The minimum Gasteiger partial charge on any atom is -0.497 e. The van der Waals surface area contributed by atoms with Crippen LogP contribution in [0.15, 0.2) is 47.5 Å². The van der Waals surface area contributed by atoms with Crippen molar-refractivity contribution in [1.82, 2.24) is 15.5 Å². The minimum atomic E-state index is -0.238. The van der Waals surface area contributed by atoms with Gasteiger partial charge in [-0.15, -0.1) is 24.0 Å². The van der Waals surface area contributed by atoms with Crippen LogP contribution in [0.4, 0.5) is 4.39 Å². The number of halogens is 2. The molecule has 0 aliphatic rings. The van der Waals surface area contributed by atoms with E-state index in [-0.39, 0.29) is 35.8 Å². The standard InChI is InChI=1S/C21H29FN4O2.HI/c1-23-21(24-13-16-9-10-18(27-4)12-20(16)28-5)25-14-19(26(2)3)15-7-6-8-17(22)11-15;/h6-12,19H,13-14H2,1-5H3,(H2,23,24,25);1H. The highest BCUT2D eigenvalue weighted by molar-refractivity contribution is 14.0. The fourth-order valence-corrected chi connectivity index (χ4v) is 2.90. The monoisotopic (exact) mass is 516 g/mol. The molecule has 0 bridgehead atoms. The molecule has 0 saturated heterocycles. The molecule has 0 aliphatic heterocycles. The Morgan fingerprint density at radius 3 is 2.45 bits per heavy atom. The first-order chi connectivity index (χ1) is 13.5. The molecule has 6 nitrogen and oxygen atoms in total. The SMILES string of the molecule is CN=C(NCc1ccc(OC)cc1OC)NCC(c1cccc(F)c1)N(C)C.I. The molecule has 0 heterocycles. The zero-order valence-corrected chi connectivity index (χ0v) is 19.9. The van der Waals surface area contributed by atoms with Gasteiger partial charge in [0.15, 0.2) is 5.96 Å². The van der Waals surface area contributed by atoms with Gasteiger partial charge in [-0.3, -0.25) is 4.99 Å². The number of methoxy groups -OCH3 is 2. The summed E-state index contributed by atoms with van der Waals surface area (Å²) in [5.41, 5.74) is 1.89. The number of ether oxygens (including phenoxy) is 2. The van der Waals surface area contributed by atoms with E-state index in [1.54, 1.807) is 33.4 Å². The lowest BCUT2D eigenvalue weighted by Gasteiger charge is -2.26. The van der Waals surface area contributed by atoms with Crippen LogP contribution in [0.25, 0.3) is 0 Å². The number of guanidine groups is 1. The van der Waals surface area contributed by atoms with Gasteiger partial charge in [0.05, 0.1) is 20.3 Å². The molecule has 0 spiro atoms. The Balaban J connectivity index is 0.00000420. The normalized spacial score (nSPS) is 12.2. The Kier molecular flexibility index (Phi) is 10.7. The van der Waals surface area contributed by atoms with E-state index < -0.39 is 0 Å². The van der Waals surface area contributed by atoms with E-state index >= 15 is 0 Å². The Labute approximate surface area is 189 Å². The largest absolute Gasteiger partial charge is 0.497 e.